The molecule has 13 heavy (non-hydrogen) atoms. The van der Waals surface area contributed by atoms with Crippen LogP contribution in [0.2, 0.25) is 5.02 Å². The Morgan fingerprint density at radius 2 is 2.23 bits per heavy atom. The molecule has 0 saturated heterocycles. The quantitative estimate of drug-likeness (QED) is 0.540. The molecule has 0 saturated carbocycles. The van der Waals surface area contributed by atoms with Gasteiger partial charge in [-0.3, -0.25) is 0 Å². The van der Waals surface area contributed by atoms with Gasteiger partial charge in [-0.2, -0.15) is 0 Å². The van der Waals surface area contributed by atoms with Crippen molar-refractivity contribution in [1.29, 1.82) is 0 Å². The first-order chi connectivity index (χ1) is 6.25. The van der Waals surface area contributed by atoms with E-state index in [9.17, 15) is 9.18 Å². The van der Waals surface area contributed by atoms with Crippen molar-refractivity contribution in [3.63, 3.8) is 0 Å². The number of aryl methyl sites for hydroxylation is 1. The smallest absolute Gasteiger partial charge is 0.142 e. The minimum Gasteiger partial charge on any atom is -0.303 e. The van der Waals surface area contributed by atoms with Gasteiger partial charge < -0.3 is 4.79 Å². The number of hydrogen-bond acceptors (Lipinski definition) is 1. The SMILES string of the molecule is O=CCCCc1cccc(F)c1Cl. The van der Waals surface area contributed by atoms with Gasteiger partial charge in [0.05, 0.1) is 5.02 Å². The van der Waals surface area contributed by atoms with Crippen molar-refractivity contribution in [2.45, 2.75) is 19.3 Å². The second kappa shape index (κ2) is 4.97. The topological polar surface area (TPSA) is 17.1 Å². The molecule has 0 bridgehead atoms. The fourth-order valence-corrected chi connectivity index (χ4v) is 1.34. The van der Waals surface area contributed by atoms with E-state index in [1.54, 1.807) is 12.1 Å². The van der Waals surface area contributed by atoms with E-state index in [4.69, 9.17) is 11.6 Å². The molecule has 3 heteroatoms. The Balaban J connectivity index is 2.65. The lowest BCUT2D eigenvalue weighted by Gasteiger charge is -2.02. The minimum atomic E-state index is -0.398. The second-order valence-electron chi connectivity index (χ2n) is 2.77. The highest BCUT2D eigenvalue weighted by atomic mass is 35.5. The fourth-order valence-electron chi connectivity index (χ4n) is 1.12. The van der Waals surface area contributed by atoms with Gasteiger partial charge in [0.15, 0.2) is 0 Å². The summed E-state index contributed by atoms with van der Waals surface area (Å²) in [6, 6.07) is 4.72. The van der Waals surface area contributed by atoms with Gasteiger partial charge in [0, 0.05) is 6.42 Å². The summed E-state index contributed by atoms with van der Waals surface area (Å²) in [5.41, 5.74) is 0.767. The third-order valence-corrected chi connectivity index (χ3v) is 2.22. The Morgan fingerprint density at radius 1 is 1.46 bits per heavy atom. The van der Waals surface area contributed by atoms with Crippen molar-refractivity contribution in [3.8, 4) is 0 Å². The van der Waals surface area contributed by atoms with E-state index >= 15 is 0 Å². The molecule has 0 amide bonds. The average molecular weight is 201 g/mol. The Kier molecular flexibility index (Phi) is 3.90. The molecule has 0 spiro atoms. The zero-order chi connectivity index (χ0) is 9.68. The monoisotopic (exact) mass is 200 g/mol. The van der Waals surface area contributed by atoms with Crippen LogP contribution in [0, 0.1) is 5.82 Å². The van der Waals surface area contributed by atoms with Gasteiger partial charge >= 0.3 is 0 Å². The van der Waals surface area contributed by atoms with Crippen LogP contribution in [0.1, 0.15) is 18.4 Å². The van der Waals surface area contributed by atoms with Crippen LogP contribution in [0.3, 0.4) is 0 Å². The summed E-state index contributed by atoms with van der Waals surface area (Å²) in [5.74, 6) is -0.398. The number of carbonyl (C=O) groups excluding carboxylic acids is 1. The van der Waals surface area contributed by atoms with Crippen LogP contribution in [0.5, 0.6) is 0 Å². The van der Waals surface area contributed by atoms with E-state index in [1.807, 2.05) is 0 Å². The minimum absolute atomic E-state index is 0.174. The number of aldehydes is 1. The molecule has 70 valence electrons. The molecule has 1 aromatic carbocycles. The Hall–Kier alpha value is -0.890. The van der Waals surface area contributed by atoms with E-state index in [-0.39, 0.29) is 5.02 Å². The predicted molar refractivity (Wildman–Crippen MR) is 50.4 cm³/mol. The van der Waals surface area contributed by atoms with E-state index in [0.29, 0.717) is 19.3 Å². The molecule has 0 aliphatic rings. The Morgan fingerprint density at radius 3 is 2.92 bits per heavy atom. The summed E-state index contributed by atoms with van der Waals surface area (Å²) in [6.45, 7) is 0. The van der Waals surface area contributed by atoms with Crippen LogP contribution in [0.25, 0.3) is 0 Å². The van der Waals surface area contributed by atoms with E-state index < -0.39 is 5.82 Å². The van der Waals surface area contributed by atoms with Crippen LogP contribution in [-0.2, 0) is 11.2 Å². The first-order valence-electron chi connectivity index (χ1n) is 4.12. The summed E-state index contributed by atoms with van der Waals surface area (Å²) >= 11 is 5.71. The summed E-state index contributed by atoms with van der Waals surface area (Å²) < 4.78 is 12.9. The van der Waals surface area contributed by atoms with Crippen LogP contribution >= 0.6 is 11.6 Å². The maximum Gasteiger partial charge on any atom is 0.142 e. The zero-order valence-corrected chi connectivity index (χ0v) is 7.85. The highest BCUT2D eigenvalue weighted by Crippen LogP contribution is 2.20. The Labute approximate surface area is 81.5 Å². The van der Waals surface area contributed by atoms with Crippen LogP contribution in [0.4, 0.5) is 4.39 Å². The van der Waals surface area contributed by atoms with Crippen molar-refractivity contribution in [2.24, 2.45) is 0 Å². The molecule has 0 fully saturated rings. The predicted octanol–water partition coefficient (Wildman–Crippen LogP) is 3.00. The molecule has 0 atom stereocenters. The highest BCUT2D eigenvalue weighted by molar-refractivity contribution is 6.31. The molecule has 0 aliphatic carbocycles. The van der Waals surface area contributed by atoms with Gasteiger partial charge in [0.25, 0.3) is 0 Å². The number of carbonyl (C=O) groups is 1. The van der Waals surface area contributed by atoms with E-state index in [1.165, 1.54) is 6.07 Å². The third kappa shape index (κ3) is 2.81. The molecule has 0 aliphatic heterocycles. The summed E-state index contributed by atoms with van der Waals surface area (Å²) in [7, 11) is 0. The molecule has 1 rings (SSSR count). The van der Waals surface area contributed by atoms with Gasteiger partial charge in [-0.15, -0.1) is 0 Å². The van der Waals surface area contributed by atoms with Gasteiger partial charge in [-0.05, 0) is 24.5 Å². The Bertz CT molecular complexity index is 299. The normalized spacial score (nSPS) is 10.0. The van der Waals surface area contributed by atoms with Crippen LogP contribution in [0.15, 0.2) is 18.2 Å². The summed E-state index contributed by atoms with van der Waals surface area (Å²) in [4.78, 5) is 10.0. The molecular formula is C10H10ClFO. The van der Waals surface area contributed by atoms with Crippen molar-refractivity contribution in [1.82, 2.24) is 0 Å². The van der Waals surface area contributed by atoms with Crippen molar-refractivity contribution >= 4 is 17.9 Å². The van der Waals surface area contributed by atoms with Gasteiger partial charge in [-0.25, -0.2) is 4.39 Å². The number of unbranched alkanes of at least 4 members (excludes halogenated alkanes) is 1. The van der Waals surface area contributed by atoms with Gasteiger partial charge in [-0.1, -0.05) is 23.7 Å². The fraction of sp³-hybridized carbons (Fsp3) is 0.300. The molecule has 0 N–H and O–H groups in total. The zero-order valence-electron chi connectivity index (χ0n) is 7.09. The molecule has 0 heterocycles. The molecular weight excluding hydrogens is 191 g/mol. The second-order valence-corrected chi connectivity index (χ2v) is 3.15. The van der Waals surface area contributed by atoms with Crippen molar-refractivity contribution in [2.75, 3.05) is 0 Å². The number of halogens is 2. The first-order valence-corrected chi connectivity index (χ1v) is 4.50. The van der Waals surface area contributed by atoms with Crippen LogP contribution < -0.4 is 0 Å². The van der Waals surface area contributed by atoms with Gasteiger partial charge in [0.2, 0.25) is 0 Å². The lowest BCUT2D eigenvalue weighted by atomic mass is 10.1. The van der Waals surface area contributed by atoms with E-state index in [2.05, 4.69) is 0 Å². The standard InChI is InChI=1S/C10H10ClFO/c11-10-8(4-1-2-7-13)5-3-6-9(10)12/h3,5-7H,1-2,4H2. The van der Waals surface area contributed by atoms with Crippen molar-refractivity contribution in [3.05, 3.63) is 34.6 Å². The summed E-state index contributed by atoms with van der Waals surface area (Å²) in [6.07, 6.45) is 2.71. The highest BCUT2D eigenvalue weighted by Gasteiger charge is 2.04. The maximum atomic E-state index is 12.9. The molecule has 0 unspecified atom stereocenters. The molecule has 0 aromatic heterocycles. The molecule has 0 radical (unpaired) electrons. The van der Waals surface area contributed by atoms with Crippen LogP contribution in [-0.4, -0.2) is 6.29 Å². The maximum absolute atomic E-state index is 12.9. The number of hydrogen-bond donors (Lipinski definition) is 0. The van der Waals surface area contributed by atoms with Crippen molar-refractivity contribution < 1.29 is 9.18 Å². The lowest BCUT2D eigenvalue weighted by molar-refractivity contribution is -0.107. The third-order valence-electron chi connectivity index (χ3n) is 1.80. The molecule has 1 nitrogen and oxygen atoms in total. The number of benzene rings is 1. The lowest BCUT2D eigenvalue weighted by Crippen LogP contribution is -1.89. The summed E-state index contributed by atoms with van der Waals surface area (Å²) in [5, 5.41) is 0.174. The van der Waals surface area contributed by atoms with E-state index in [0.717, 1.165) is 11.8 Å². The first kappa shape index (κ1) is 10.2. The molecule has 1 aromatic rings. The van der Waals surface area contributed by atoms with Gasteiger partial charge in [0.1, 0.15) is 12.1 Å². The average Bonchev–Trinajstić information content (AvgIpc) is 2.13. The number of rotatable bonds is 4. The largest absolute Gasteiger partial charge is 0.303 e.